The van der Waals surface area contributed by atoms with Gasteiger partial charge in [-0.15, -0.1) is 24.0 Å². The molecular weight excluding hydrogens is 495 g/mol. The van der Waals surface area contributed by atoms with Gasteiger partial charge in [0.05, 0.1) is 18.8 Å². The van der Waals surface area contributed by atoms with Crippen LogP contribution in [0.5, 0.6) is 0 Å². The third kappa shape index (κ3) is 7.39. The second-order valence-electron chi connectivity index (χ2n) is 7.69. The normalized spacial score (nSPS) is 20.4. The fourth-order valence-corrected chi connectivity index (χ4v) is 3.90. The Kier molecular flexibility index (Phi) is 10.9. The summed E-state index contributed by atoms with van der Waals surface area (Å²) in [6.45, 7) is 4.08. The zero-order valence-corrected chi connectivity index (χ0v) is 20.4. The Labute approximate surface area is 197 Å². The Morgan fingerprint density at radius 3 is 2.73 bits per heavy atom. The van der Waals surface area contributed by atoms with Gasteiger partial charge in [-0.2, -0.15) is 0 Å². The number of rotatable bonds is 6. The predicted molar refractivity (Wildman–Crippen MR) is 130 cm³/mol. The van der Waals surface area contributed by atoms with Crippen molar-refractivity contribution in [1.82, 2.24) is 15.5 Å². The van der Waals surface area contributed by atoms with Crippen molar-refractivity contribution < 1.29 is 14.3 Å². The molecule has 0 saturated carbocycles. The molecule has 0 spiro atoms. The maximum absolute atomic E-state index is 11.8. The number of hydrogen-bond acceptors (Lipinski definition) is 4. The monoisotopic (exact) mass is 530 g/mol. The van der Waals surface area contributed by atoms with Gasteiger partial charge in [-0.3, -0.25) is 9.79 Å². The van der Waals surface area contributed by atoms with Crippen molar-refractivity contribution in [2.24, 2.45) is 4.99 Å². The van der Waals surface area contributed by atoms with Gasteiger partial charge < -0.3 is 25.0 Å². The fraction of sp³-hybridized carbons (Fsp3) is 0.636. The van der Waals surface area contributed by atoms with E-state index in [-0.39, 0.29) is 36.0 Å². The summed E-state index contributed by atoms with van der Waals surface area (Å²) in [5.74, 6) is 0.821. The number of nitrogens with zero attached hydrogens (tertiary/aromatic N) is 2. The van der Waals surface area contributed by atoms with Crippen LogP contribution in [0.4, 0.5) is 0 Å². The number of benzene rings is 1. The van der Waals surface area contributed by atoms with Crippen LogP contribution in [0.15, 0.2) is 29.3 Å². The molecule has 0 aliphatic carbocycles. The molecule has 2 saturated heterocycles. The Hall–Kier alpha value is -1.39. The Morgan fingerprint density at radius 2 is 2.07 bits per heavy atom. The molecule has 1 unspecified atom stereocenters. The number of piperidine rings is 1. The van der Waals surface area contributed by atoms with Crippen LogP contribution < -0.4 is 10.6 Å². The van der Waals surface area contributed by atoms with E-state index in [9.17, 15) is 4.79 Å². The first-order chi connectivity index (χ1) is 14.2. The number of hydrogen-bond donors (Lipinski definition) is 2. The molecule has 1 atom stereocenters. The summed E-state index contributed by atoms with van der Waals surface area (Å²) in [5.41, 5.74) is 1.72. The van der Waals surface area contributed by atoms with Crippen molar-refractivity contribution in [1.29, 1.82) is 0 Å². The van der Waals surface area contributed by atoms with Gasteiger partial charge in [0.1, 0.15) is 0 Å². The Bertz CT molecular complexity index is 687. The Morgan fingerprint density at radius 1 is 1.27 bits per heavy atom. The predicted octanol–water partition coefficient (Wildman–Crippen LogP) is 2.79. The highest BCUT2D eigenvalue weighted by atomic mass is 127. The lowest BCUT2D eigenvalue weighted by Gasteiger charge is -2.35. The van der Waals surface area contributed by atoms with Gasteiger partial charge in [-0.25, -0.2) is 0 Å². The molecule has 0 radical (unpaired) electrons. The summed E-state index contributed by atoms with van der Waals surface area (Å²) in [7, 11) is 3.46. The minimum atomic E-state index is -0.0723. The van der Waals surface area contributed by atoms with Crippen molar-refractivity contribution in [2.45, 2.75) is 50.9 Å². The van der Waals surface area contributed by atoms with E-state index in [0.717, 1.165) is 57.1 Å². The van der Waals surface area contributed by atoms with Crippen LogP contribution in [0, 0.1) is 0 Å². The zero-order chi connectivity index (χ0) is 20.5. The van der Waals surface area contributed by atoms with E-state index in [1.54, 1.807) is 7.05 Å². The van der Waals surface area contributed by atoms with Crippen LogP contribution in [0.25, 0.3) is 0 Å². The summed E-state index contributed by atoms with van der Waals surface area (Å²) in [6.07, 6.45) is 6.13. The number of likely N-dealkylation sites (tertiary alicyclic amines) is 1. The molecule has 30 heavy (non-hydrogen) atoms. The topological polar surface area (TPSA) is 75.2 Å². The second-order valence-corrected chi connectivity index (χ2v) is 7.69. The molecule has 2 aliphatic heterocycles. The van der Waals surface area contributed by atoms with E-state index in [4.69, 9.17) is 9.47 Å². The van der Waals surface area contributed by atoms with E-state index < -0.39 is 0 Å². The van der Waals surface area contributed by atoms with E-state index in [2.05, 4.69) is 20.5 Å². The molecule has 2 aliphatic rings. The van der Waals surface area contributed by atoms with Crippen molar-refractivity contribution in [3.05, 3.63) is 35.4 Å². The molecule has 0 aromatic heterocycles. The molecule has 1 aromatic rings. The standard InChI is InChI=1S/C22H34N4O3.HI/c1-23-21(27)18-7-5-6-17(14-18)15-25-22(24-2)26-11-9-19(10-12-26)29-16-20-8-3-4-13-28-20;/h5-7,14,19-20H,3-4,8-13,15-16H2,1-2H3,(H,23,27)(H,24,25);1H. The lowest BCUT2D eigenvalue weighted by atomic mass is 10.1. The van der Waals surface area contributed by atoms with Gasteiger partial charge >= 0.3 is 0 Å². The highest BCUT2D eigenvalue weighted by molar-refractivity contribution is 14.0. The molecule has 0 bridgehead atoms. The Balaban J connectivity index is 0.00000320. The molecule has 1 aromatic carbocycles. The molecule has 168 valence electrons. The maximum Gasteiger partial charge on any atom is 0.251 e. The number of carbonyl (C=O) groups is 1. The average Bonchev–Trinajstić information content (AvgIpc) is 2.79. The minimum absolute atomic E-state index is 0. The summed E-state index contributed by atoms with van der Waals surface area (Å²) >= 11 is 0. The van der Waals surface area contributed by atoms with E-state index in [1.165, 1.54) is 12.8 Å². The number of amides is 1. The van der Waals surface area contributed by atoms with Gasteiger partial charge in [0.2, 0.25) is 0 Å². The summed E-state index contributed by atoms with van der Waals surface area (Å²) in [6, 6.07) is 7.65. The van der Waals surface area contributed by atoms with E-state index in [0.29, 0.717) is 18.2 Å². The molecule has 2 fully saturated rings. The number of ether oxygens (including phenoxy) is 2. The molecule has 1 amide bonds. The number of aliphatic imine (C=N–C) groups is 1. The highest BCUT2D eigenvalue weighted by Gasteiger charge is 2.23. The lowest BCUT2D eigenvalue weighted by molar-refractivity contribution is -0.0721. The van der Waals surface area contributed by atoms with Crippen molar-refractivity contribution in [3.63, 3.8) is 0 Å². The molecule has 7 nitrogen and oxygen atoms in total. The van der Waals surface area contributed by atoms with E-state index >= 15 is 0 Å². The summed E-state index contributed by atoms with van der Waals surface area (Å²) in [4.78, 5) is 18.5. The van der Waals surface area contributed by atoms with Crippen molar-refractivity contribution in [2.75, 3.05) is 40.4 Å². The number of guanidine groups is 1. The first kappa shape index (κ1) is 24.9. The third-order valence-corrected chi connectivity index (χ3v) is 5.61. The number of halogens is 1. The van der Waals surface area contributed by atoms with Gasteiger partial charge in [0, 0.05) is 45.9 Å². The van der Waals surface area contributed by atoms with Crippen LogP contribution in [0.1, 0.15) is 48.0 Å². The smallest absolute Gasteiger partial charge is 0.251 e. The van der Waals surface area contributed by atoms with Gasteiger partial charge in [0.15, 0.2) is 5.96 Å². The summed E-state index contributed by atoms with van der Waals surface area (Å²) < 4.78 is 11.9. The van der Waals surface area contributed by atoms with Crippen LogP contribution in [0.2, 0.25) is 0 Å². The number of nitrogens with one attached hydrogen (secondary N) is 2. The van der Waals surface area contributed by atoms with Gasteiger partial charge in [-0.05, 0) is 49.8 Å². The zero-order valence-electron chi connectivity index (χ0n) is 18.1. The third-order valence-electron chi connectivity index (χ3n) is 5.61. The van der Waals surface area contributed by atoms with Gasteiger partial charge in [-0.1, -0.05) is 12.1 Å². The maximum atomic E-state index is 11.8. The average molecular weight is 530 g/mol. The van der Waals surface area contributed by atoms with Crippen LogP contribution in [-0.2, 0) is 16.0 Å². The first-order valence-electron chi connectivity index (χ1n) is 10.7. The van der Waals surface area contributed by atoms with Crippen LogP contribution in [0.3, 0.4) is 0 Å². The quantitative estimate of drug-likeness (QED) is 0.336. The van der Waals surface area contributed by atoms with Crippen molar-refractivity contribution >= 4 is 35.8 Å². The summed E-state index contributed by atoms with van der Waals surface area (Å²) in [5, 5.41) is 6.08. The highest BCUT2D eigenvalue weighted by Crippen LogP contribution is 2.18. The molecule has 3 rings (SSSR count). The van der Waals surface area contributed by atoms with Crippen LogP contribution >= 0.6 is 24.0 Å². The van der Waals surface area contributed by atoms with E-state index in [1.807, 2.05) is 31.3 Å². The first-order valence-corrected chi connectivity index (χ1v) is 10.7. The van der Waals surface area contributed by atoms with Gasteiger partial charge in [0.25, 0.3) is 5.91 Å². The largest absolute Gasteiger partial charge is 0.376 e. The number of carbonyl (C=O) groups excluding carboxylic acids is 1. The van der Waals surface area contributed by atoms with Crippen molar-refractivity contribution in [3.8, 4) is 0 Å². The fourth-order valence-electron chi connectivity index (χ4n) is 3.90. The molecule has 8 heteroatoms. The molecule has 2 N–H and O–H groups in total. The SMILES string of the molecule is CN=C(NCc1cccc(C(=O)NC)c1)N1CCC(OCC2CCCCO2)CC1.I. The lowest BCUT2D eigenvalue weighted by Crippen LogP contribution is -2.47. The molecular formula is C22H35IN4O3. The molecule has 2 heterocycles. The van der Waals surface area contributed by atoms with Crippen LogP contribution in [-0.4, -0.2) is 69.4 Å². The second kappa shape index (κ2) is 13.1. The minimum Gasteiger partial charge on any atom is -0.376 e.